The van der Waals surface area contributed by atoms with Crippen molar-refractivity contribution in [2.45, 2.75) is 19.0 Å². The van der Waals surface area contributed by atoms with E-state index in [1.807, 2.05) is 56.3 Å². The van der Waals surface area contributed by atoms with Gasteiger partial charge in [0.15, 0.2) is 5.82 Å². The highest BCUT2D eigenvalue weighted by Gasteiger charge is 2.10. The molecule has 2 N–H and O–H groups in total. The van der Waals surface area contributed by atoms with Crippen molar-refractivity contribution in [1.29, 1.82) is 0 Å². The smallest absolute Gasteiger partial charge is 0.234 e. The first-order valence-corrected chi connectivity index (χ1v) is 9.47. The number of carbonyl (C=O) groups excluding carboxylic acids is 1. The van der Waals surface area contributed by atoms with E-state index in [0.717, 1.165) is 21.3 Å². The molecular weight excluding hydrogens is 400 g/mol. The number of rotatable bonds is 5. The second-order valence-corrected chi connectivity index (χ2v) is 7.47. The summed E-state index contributed by atoms with van der Waals surface area (Å²) >= 11 is 4.73. The van der Waals surface area contributed by atoms with Crippen LogP contribution >= 0.6 is 27.7 Å². The summed E-state index contributed by atoms with van der Waals surface area (Å²) in [5.74, 6) is 0.850. The van der Waals surface area contributed by atoms with Gasteiger partial charge in [0.2, 0.25) is 11.1 Å². The molecular formula is C18H17BrN4OS. The van der Waals surface area contributed by atoms with E-state index in [4.69, 9.17) is 0 Å². The molecule has 128 valence electrons. The Bertz CT molecular complexity index is 910. The molecule has 0 aliphatic carbocycles. The maximum Gasteiger partial charge on any atom is 0.234 e. The third kappa shape index (κ3) is 4.70. The van der Waals surface area contributed by atoms with Crippen molar-refractivity contribution >= 4 is 39.3 Å². The Balaban J connectivity index is 1.58. The van der Waals surface area contributed by atoms with Crippen molar-refractivity contribution in [2.24, 2.45) is 0 Å². The number of hydrogen-bond acceptors (Lipinski definition) is 4. The maximum absolute atomic E-state index is 12.1. The van der Waals surface area contributed by atoms with Gasteiger partial charge < -0.3 is 5.32 Å². The molecule has 25 heavy (non-hydrogen) atoms. The van der Waals surface area contributed by atoms with E-state index in [9.17, 15) is 4.79 Å². The summed E-state index contributed by atoms with van der Waals surface area (Å²) < 4.78 is 0.975. The molecule has 5 nitrogen and oxygen atoms in total. The van der Waals surface area contributed by atoms with Crippen LogP contribution < -0.4 is 5.32 Å². The molecule has 0 saturated carbocycles. The molecule has 0 spiro atoms. The lowest BCUT2D eigenvalue weighted by molar-refractivity contribution is -0.113. The van der Waals surface area contributed by atoms with Crippen LogP contribution in [0.3, 0.4) is 0 Å². The van der Waals surface area contributed by atoms with Gasteiger partial charge in [-0.05, 0) is 49.2 Å². The number of aryl methyl sites for hydroxylation is 2. The van der Waals surface area contributed by atoms with Gasteiger partial charge in [0.05, 0.1) is 5.75 Å². The summed E-state index contributed by atoms with van der Waals surface area (Å²) in [5, 5.41) is 10.5. The Morgan fingerprint density at radius 3 is 2.80 bits per heavy atom. The van der Waals surface area contributed by atoms with Gasteiger partial charge >= 0.3 is 0 Å². The number of H-pyrrole nitrogens is 1. The lowest BCUT2D eigenvalue weighted by Gasteiger charge is -2.06. The molecule has 1 aromatic heterocycles. The summed E-state index contributed by atoms with van der Waals surface area (Å²) in [5.41, 5.74) is 4.10. The number of halogens is 1. The van der Waals surface area contributed by atoms with E-state index in [1.165, 1.54) is 17.3 Å². The molecule has 0 fully saturated rings. The number of hydrogen-bond donors (Lipinski definition) is 2. The van der Waals surface area contributed by atoms with Crippen molar-refractivity contribution in [3.05, 3.63) is 58.1 Å². The van der Waals surface area contributed by atoms with E-state index in [0.29, 0.717) is 11.0 Å². The van der Waals surface area contributed by atoms with Gasteiger partial charge in [0.1, 0.15) is 0 Å². The van der Waals surface area contributed by atoms with Crippen LogP contribution in [0.5, 0.6) is 0 Å². The molecule has 0 radical (unpaired) electrons. The average molecular weight is 417 g/mol. The lowest BCUT2D eigenvalue weighted by atomic mass is 10.1. The monoisotopic (exact) mass is 416 g/mol. The van der Waals surface area contributed by atoms with Crippen LogP contribution in [0.1, 0.15) is 11.1 Å². The van der Waals surface area contributed by atoms with Gasteiger partial charge in [-0.3, -0.25) is 9.89 Å². The normalized spacial score (nSPS) is 10.7. The number of benzene rings is 2. The Labute approximate surface area is 158 Å². The third-order valence-corrected chi connectivity index (χ3v) is 5.03. The topological polar surface area (TPSA) is 70.7 Å². The Kier molecular flexibility index (Phi) is 5.55. The molecule has 3 rings (SSSR count). The first-order valence-electron chi connectivity index (χ1n) is 7.69. The zero-order valence-electron chi connectivity index (χ0n) is 13.8. The number of nitrogens with one attached hydrogen (secondary N) is 2. The van der Waals surface area contributed by atoms with Crippen LogP contribution in [0.4, 0.5) is 5.69 Å². The van der Waals surface area contributed by atoms with Gasteiger partial charge in [-0.25, -0.2) is 4.98 Å². The first-order chi connectivity index (χ1) is 12.0. The third-order valence-electron chi connectivity index (χ3n) is 3.69. The van der Waals surface area contributed by atoms with Crippen LogP contribution in [0.25, 0.3) is 11.4 Å². The van der Waals surface area contributed by atoms with Gasteiger partial charge in [-0.15, -0.1) is 5.10 Å². The molecule has 0 aliphatic rings. The Morgan fingerprint density at radius 2 is 2.04 bits per heavy atom. The highest BCUT2D eigenvalue weighted by Crippen LogP contribution is 2.22. The number of amides is 1. The highest BCUT2D eigenvalue weighted by atomic mass is 79.9. The zero-order chi connectivity index (χ0) is 17.8. The summed E-state index contributed by atoms with van der Waals surface area (Å²) in [6.45, 7) is 4.07. The van der Waals surface area contributed by atoms with Gasteiger partial charge in [-0.2, -0.15) is 0 Å². The predicted octanol–water partition coefficient (Wildman–Crippen LogP) is 4.58. The molecule has 1 heterocycles. The van der Waals surface area contributed by atoms with Crippen LogP contribution in [0.15, 0.2) is 52.1 Å². The fourth-order valence-corrected chi connectivity index (χ4v) is 3.22. The van der Waals surface area contributed by atoms with Crippen molar-refractivity contribution in [3.8, 4) is 11.4 Å². The number of anilines is 1. The largest absolute Gasteiger partial charge is 0.325 e. The highest BCUT2D eigenvalue weighted by molar-refractivity contribution is 9.10. The van der Waals surface area contributed by atoms with Crippen molar-refractivity contribution < 1.29 is 4.79 Å². The fraction of sp³-hybridized carbons (Fsp3) is 0.167. The number of carbonyl (C=O) groups is 1. The van der Waals surface area contributed by atoms with E-state index in [1.54, 1.807) is 0 Å². The molecule has 0 bridgehead atoms. The molecule has 2 aromatic carbocycles. The molecule has 0 saturated heterocycles. The van der Waals surface area contributed by atoms with E-state index in [2.05, 4.69) is 36.4 Å². The van der Waals surface area contributed by atoms with Crippen molar-refractivity contribution in [3.63, 3.8) is 0 Å². The number of aromatic amines is 1. The standard InChI is InChI=1S/C18H17BrN4OS/c1-11-6-7-15(8-12(11)2)20-16(24)10-25-18-21-17(22-23-18)13-4-3-5-14(19)9-13/h3-9H,10H2,1-2H3,(H,20,24)(H,21,22,23). The van der Waals surface area contributed by atoms with Gasteiger partial charge in [0.25, 0.3) is 0 Å². The second kappa shape index (κ2) is 7.84. The molecule has 0 aliphatic heterocycles. The van der Waals surface area contributed by atoms with E-state index >= 15 is 0 Å². The first kappa shape index (κ1) is 17.7. The van der Waals surface area contributed by atoms with Crippen LogP contribution in [0.2, 0.25) is 0 Å². The van der Waals surface area contributed by atoms with Gasteiger partial charge in [0, 0.05) is 15.7 Å². The van der Waals surface area contributed by atoms with Crippen molar-refractivity contribution in [1.82, 2.24) is 15.2 Å². The van der Waals surface area contributed by atoms with Crippen LogP contribution in [-0.2, 0) is 4.79 Å². The number of thioether (sulfide) groups is 1. The Morgan fingerprint density at radius 1 is 1.20 bits per heavy atom. The maximum atomic E-state index is 12.1. The second-order valence-electron chi connectivity index (χ2n) is 5.61. The molecule has 3 aromatic rings. The minimum absolute atomic E-state index is 0.0814. The van der Waals surface area contributed by atoms with E-state index in [-0.39, 0.29) is 11.7 Å². The lowest BCUT2D eigenvalue weighted by Crippen LogP contribution is -2.14. The number of aromatic nitrogens is 3. The minimum atomic E-state index is -0.0814. The summed E-state index contributed by atoms with van der Waals surface area (Å²) in [6.07, 6.45) is 0. The molecule has 1 amide bonds. The van der Waals surface area contributed by atoms with E-state index < -0.39 is 0 Å². The summed E-state index contributed by atoms with van der Waals surface area (Å²) in [4.78, 5) is 16.5. The number of nitrogens with zero attached hydrogens (tertiary/aromatic N) is 2. The molecule has 0 unspecified atom stereocenters. The van der Waals surface area contributed by atoms with Gasteiger partial charge in [-0.1, -0.05) is 45.9 Å². The quantitative estimate of drug-likeness (QED) is 0.596. The Hall–Kier alpha value is -2.12. The average Bonchev–Trinajstić information content (AvgIpc) is 3.05. The SMILES string of the molecule is Cc1ccc(NC(=O)CSc2n[nH]c(-c3cccc(Br)c3)n2)cc1C. The fourth-order valence-electron chi connectivity index (χ4n) is 2.22. The minimum Gasteiger partial charge on any atom is -0.325 e. The summed E-state index contributed by atoms with van der Waals surface area (Å²) in [6, 6.07) is 13.7. The molecule has 0 atom stereocenters. The van der Waals surface area contributed by atoms with Crippen molar-refractivity contribution in [2.75, 3.05) is 11.1 Å². The zero-order valence-corrected chi connectivity index (χ0v) is 16.2. The summed E-state index contributed by atoms with van der Waals surface area (Å²) in [7, 11) is 0. The van der Waals surface area contributed by atoms with Crippen LogP contribution in [-0.4, -0.2) is 26.8 Å². The molecule has 7 heteroatoms. The van der Waals surface area contributed by atoms with Crippen LogP contribution in [0, 0.1) is 13.8 Å². The predicted molar refractivity (Wildman–Crippen MR) is 105 cm³/mol.